The Morgan fingerprint density at radius 3 is 2.64 bits per heavy atom. The number of rotatable bonds is 8. The summed E-state index contributed by atoms with van der Waals surface area (Å²) in [6, 6.07) is 7.12. The summed E-state index contributed by atoms with van der Waals surface area (Å²) in [6.45, 7) is 8.98. The minimum atomic E-state index is -0.554. The number of benzene rings is 2. The molecule has 1 heterocycles. The second-order valence-electron chi connectivity index (χ2n) is 7.68. The van der Waals surface area contributed by atoms with Gasteiger partial charge in [-0.15, -0.1) is 4.91 Å². The summed E-state index contributed by atoms with van der Waals surface area (Å²) < 4.78 is 20.3. The smallest absolute Gasteiger partial charge is 0.166 e. The second-order valence-corrected chi connectivity index (χ2v) is 9.32. The Labute approximate surface area is 227 Å². The molecule has 0 aliphatic carbocycles. The van der Waals surface area contributed by atoms with Gasteiger partial charge in [0, 0.05) is 23.1 Å². The van der Waals surface area contributed by atoms with E-state index in [9.17, 15) is 9.30 Å². The van der Waals surface area contributed by atoms with Crippen LogP contribution >= 0.6 is 39.1 Å². The molecule has 1 fully saturated rings. The maximum Gasteiger partial charge on any atom is 0.166 e. The monoisotopic (exact) mass is 596 g/mol. The van der Waals surface area contributed by atoms with E-state index in [2.05, 4.69) is 48.5 Å². The Balaban J connectivity index is 1.84. The second kappa shape index (κ2) is 13.0. The van der Waals surface area contributed by atoms with Crippen LogP contribution in [-0.4, -0.2) is 43.3 Å². The van der Waals surface area contributed by atoms with Gasteiger partial charge in [-0.05, 0) is 58.7 Å². The molecule has 1 aliphatic rings. The van der Waals surface area contributed by atoms with Crippen molar-refractivity contribution >= 4 is 68.2 Å². The molecule has 0 atom stereocenters. The van der Waals surface area contributed by atoms with Crippen LogP contribution in [-0.2, 0) is 4.74 Å². The number of nitrogens with zero attached hydrogens (tertiary/aromatic N) is 4. The van der Waals surface area contributed by atoms with Gasteiger partial charge in [0.25, 0.3) is 0 Å². The van der Waals surface area contributed by atoms with Crippen LogP contribution in [0.15, 0.2) is 68.3 Å². The molecule has 0 bridgehead atoms. The zero-order chi connectivity index (χ0) is 26.2. The van der Waals surface area contributed by atoms with Crippen molar-refractivity contribution in [3.8, 4) is 0 Å². The number of ether oxygens (including phenoxy) is 1. The number of halogens is 4. The summed E-state index contributed by atoms with van der Waals surface area (Å²) in [5.74, 6) is -0.0927. The highest BCUT2D eigenvalue weighted by Crippen LogP contribution is 2.43. The van der Waals surface area contributed by atoms with E-state index < -0.39 is 5.83 Å². The Morgan fingerprint density at radius 1 is 1.28 bits per heavy atom. The molecule has 2 N–H and O–H groups in total. The van der Waals surface area contributed by atoms with Gasteiger partial charge >= 0.3 is 0 Å². The van der Waals surface area contributed by atoms with E-state index in [-0.39, 0.29) is 16.5 Å². The Kier molecular flexibility index (Phi) is 10.0. The molecule has 3 rings (SSSR count). The Morgan fingerprint density at radius 2 is 2.00 bits per heavy atom. The van der Waals surface area contributed by atoms with Crippen molar-refractivity contribution in [2.24, 2.45) is 15.3 Å². The minimum absolute atomic E-state index is 0.0150. The first-order chi connectivity index (χ1) is 17.3. The van der Waals surface area contributed by atoms with E-state index in [1.54, 1.807) is 24.0 Å². The van der Waals surface area contributed by atoms with Crippen molar-refractivity contribution in [2.75, 3.05) is 31.6 Å². The van der Waals surface area contributed by atoms with Crippen LogP contribution in [0, 0.1) is 11.8 Å². The highest BCUT2D eigenvalue weighted by atomic mass is 79.9. The molecule has 36 heavy (non-hydrogen) atoms. The lowest BCUT2D eigenvalue weighted by atomic mass is 10.1. The molecule has 0 spiro atoms. The van der Waals surface area contributed by atoms with Crippen molar-refractivity contribution in [3.05, 3.63) is 79.1 Å². The summed E-state index contributed by atoms with van der Waals surface area (Å²) in [5, 5.41) is 11.0. The van der Waals surface area contributed by atoms with Crippen LogP contribution in [0.2, 0.25) is 10.0 Å². The third-order valence-electron chi connectivity index (χ3n) is 5.19. The summed E-state index contributed by atoms with van der Waals surface area (Å²) in [7, 11) is 0. The van der Waals surface area contributed by atoms with Crippen LogP contribution in [0.5, 0.6) is 0 Å². The third-order valence-corrected chi connectivity index (χ3v) is 6.50. The number of aryl methyl sites for hydroxylation is 1. The van der Waals surface area contributed by atoms with Gasteiger partial charge in [-0.25, -0.2) is 9.38 Å². The summed E-state index contributed by atoms with van der Waals surface area (Å²) in [4.78, 5) is 17.7. The molecule has 1 aliphatic heterocycles. The molecule has 12 heteroatoms. The number of nitrogens with one attached hydrogen (secondary N) is 2. The lowest BCUT2D eigenvalue weighted by molar-refractivity contribution is 0.0520. The number of para-hydroxylation sites is 1. The molecule has 190 valence electrons. The minimum Gasteiger partial charge on any atom is -0.378 e. The number of hydrazone groups is 1. The first-order valence-electron chi connectivity index (χ1n) is 10.8. The van der Waals surface area contributed by atoms with Crippen molar-refractivity contribution in [3.63, 3.8) is 0 Å². The van der Waals surface area contributed by atoms with Crippen molar-refractivity contribution in [1.29, 1.82) is 0 Å². The predicted octanol–water partition coefficient (Wildman–Crippen LogP) is 7.20. The number of hydrogen-bond donors (Lipinski definition) is 2. The number of morpholine rings is 1. The highest BCUT2D eigenvalue weighted by molar-refractivity contribution is 9.10. The lowest BCUT2D eigenvalue weighted by Crippen LogP contribution is -2.36. The molecule has 8 nitrogen and oxygen atoms in total. The van der Waals surface area contributed by atoms with Crippen molar-refractivity contribution < 1.29 is 9.13 Å². The van der Waals surface area contributed by atoms with Gasteiger partial charge in [0.2, 0.25) is 0 Å². The number of aliphatic imine (C=N–C) groups is 1. The fraction of sp³-hybridized carbons (Fsp3) is 0.250. The van der Waals surface area contributed by atoms with Gasteiger partial charge < -0.3 is 15.0 Å². The van der Waals surface area contributed by atoms with Crippen LogP contribution in [0.25, 0.3) is 0 Å². The van der Waals surface area contributed by atoms with E-state index in [0.717, 1.165) is 11.6 Å². The summed E-state index contributed by atoms with van der Waals surface area (Å²) >= 11 is 16.3. The van der Waals surface area contributed by atoms with Crippen LogP contribution in [0.3, 0.4) is 0 Å². The fourth-order valence-electron chi connectivity index (χ4n) is 3.37. The van der Waals surface area contributed by atoms with Crippen molar-refractivity contribution in [1.82, 2.24) is 10.3 Å². The maximum absolute atomic E-state index is 14.4. The first-order valence-corrected chi connectivity index (χ1v) is 12.4. The standard InChI is InChI=1S/C24H24BrCl2FN6O2/c1-4-19(28)24(34-8-10-36-11-9-34)30-15(3)32-29-13-16-12-17(25)23(20(27)22(16)33-35)31-21-14(2)6-5-7-18(21)26/h4-7,12-13,31H,1,8-11H2,2-3H3,(H,30,32)/b24-19-,29-13-. The fourth-order valence-corrected chi connectivity index (χ4v) is 4.59. The largest absolute Gasteiger partial charge is 0.378 e. The Hall–Kier alpha value is -2.79. The van der Waals surface area contributed by atoms with E-state index in [4.69, 9.17) is 27.9 Å². The molecule has 0 aromatic heterocycles. The molecular formula is C24H24BrCl2FN6O2. The number of allylic oxidation sites excluding steroid dienone is 2. The molecule has 1 saturated heterocycles. The van der Waals surface area contributed by atoms with Crippen LogP contribution in [0.1, 0.15) is 18.1 Å². The average molecular weight is 598 g/mol. The topological polar surface area (TPSA) is 90.7 Å². The molecule has 2 aromatic carbocycles. The quantitative estimate of drug-likeness (QED) is 0.110. The van der Waals surface area contributed by atoms with E-state index in [0.29, 0.717) is 58.6 Å². The molecule has 0 radical (unpaired) electrons. The van der Waals surface area contributed by atoms with Gasteiger partial charge in [0.05, 0.1) is 40.8 Å². The Bertz CT molecular complexity index is 1230. The summed E-state index contributed by atoms with van der Waals surface area (Å²) in [6.07, 6.45) is 2.48. The number of amidine groups is 1. The number of nitroso groups, excluding NO2 is 1. The van der Waals surface area contributed by atoms with Crippen LogP contribution in [0.4, 0.5) is 21.5 Å². The number of anilines is 2. The molecule has 0 saturated carbocycles. The van der Waals surface area contributed by atoms with E-state index in [1.165, 1.54) is 6.21 Å². The van der Waals surface area contributed by atoms with Crippen molar-refractivity contribution in [2.45, 2.75) is 13.8 Å². The number of hydrogen-bond acceptors (Lipinski definition) is 7. The third kappa shape index (κ3) is 6.70. The first kappa shape index (κ1) is 27.8. The molecular weight excluding hydrogens is 574 g/mol. The highest BCUT2D eigenvalue weighted by Gasteiger charge is 2.19. The average Bonchev–Trinajstić information content (AvgIpc) is 2.86. The lowest BCUT2D eigenvalue weighted by Gasteiger charge is -2.29. The molecule has 2 aromatic rings. The maximum atomic E-state index is 14.4. The molecule has 0 unspecified atom stereocenters. The van der Waals surface area contributed by atoms with Crippen LogP contribution < -0.4 is 10.7 Å². The predicted molar refractivity (Wildman–Crippen MR) is 149 cm³/mol. The zero-order valence-electron chi connectivity index (χ0n) is 19.6. The van der Waals surface area contributed by atoms with Gasteiger partial charge in [0.15, 0.2) is 11.6 Å². The summed E-state index contributed by atoms with van der Waals surface area (Å²) in [5.41, 5.74) is 5.06. The van der Waals surface area contributed by atoms with Gasteiger partial charge in [-0.2, -0.15) is 5.10 Å². The zero-order valence-corrected chi connectivity index (χ0v) is 22.7. The van der Waals surface area contributed by atoms with E-state index >= 15 is 0 Å². The molecule has 0 amide bonds. The normalized spacial score (nSPS) is 15.1. The SMILES string of the molecule is C=C/C(F)=C(\N=C(/C)N/N=C\c1cc(Br)c(Nc2c(C)cccc2Cl)c(Cl)c1N=O)N1CCOCC1. The van der Waals surface area contributed by atoms with Gasteiger partial charge in [-0.3, -0.25) is 5.43 Å². The van der Waals surface area contributed by atoms with Gasteiger partial charge in [-0.1, -0.05) is 41.9 Å². The van der Waals surface area contributed by atoms with Gasteiger partial charge in [0.1, 0.15) is 11.5 Å². The van der Waals surface area contributed by atoms with E-state index in [1.807, 2.05) is 19.1 Å².